The monoisotopic (exact) mass is 510 g/mol. The highest BCUT2D eigenvalue weighted by molar-refractivity contribution is 14.0. The Bertz CT molecular complexity index is 737. The van der Waals surface area contributed by atoms with Gasteiger partial charge in [-0.15, -0.1) is 24.0 Å². The maximum absolute atomic E-state index is 4.87. The number of rotatable bonds is 7. The van der Waals surface area contributed by atoms with E-state index in [1.54, 1.807) is 0 Å². The number of nitrogens with one attached hydrogen (secondary N) is 1. The Kier molecular flexibility index (Phi) is 9.93. The molecule has 2 heterocycles. The zero-order valence-electron chi connectivity index (χ0n) is 17.9. The average molecular weight is 510 g/mol. The van der Waals surface area contributed by atoms with E-state index < -0.39 is 0 Å². The van der Waals surface area contributed by atoms with E-state index in [1.807, 2.05) is 17.9 Å². The van der Waals surface area contributed by atoms with Crippen LogP contribution in [0.4, 0.5) is 0 Å². The molecule has 0 bridgehead atoms. The molecule has 1 aliphatic rings. The normalized spacial score (nSPS) is 16.4. The van der Waals surface area contributed by atoms with Crippen molar-refractivity contribution in [3.63, 3.8) is 0 Å². The summed E-state index contributed by atoms with van der Waals surface area (Å²) in [5, 5.41) is 7.71. The Morgan fingerprint density at radius 1 is 1.14 bits per heavy atom. The second kappa shape index (κ2) is 12.2. The van der Waals surface area contributed by atoms with Crippen LogP contribution in [0.5, 0.6) is 0 Å². The highest BCUT2D eigenvalue weighted by Gasteiger charge is 2.25. The van der Waals surface area contributed by atoms with Gasteiger partial charge in [0.05, 0.1) is 6.20 Å². The maximum atomic E-state index is 4.87. The largest absolute Gasteiger partial charge is 0.357 e. The standard InChI is InChI=1S/C22H34N6.HI/c1-4-21(20-9-7-6-8-10-20)27-13-15-28(16-14-27)22(23-5-2)24-12-11-19-17-25-26(3)18-19;/h6-10,17-18,21H,4-5,11-16H2,1-3H3,(H,23,24);1H. The van der Waals surface area contributed by atoms with Crippen molar-refractivity contribution >= 4 is 29.9 Å². The number of nitrogens with zero attached hydrogens (tertiary/aromatic N) is 5. The van der Waals surface area contributed by atoms with E-state index in [1.165, 1.54) is 11.1 Å². The van der Waals surface area contributed by atoms with E-state index in [4.69, 9.17) is 4.99 Å². The molecular formula is C22H35IN6. The summed E-state index contributed by atoms with van der Waals surface area (Å²) >= 11 is 0. The number of halogens is 1. The van der Waals surface area contributed by atoms with Crippen LogP contribution in [0.15, 0.2) is 47.7 Å². The van der Waals surface area contributed by atoms with Crippen LogP contribution < -0.4 is 5.32 Å². The van der Waals surface area contributed by atoms with Gasteiger partial charge in [0.15, 0.2) is 5.96 Å². The zero-order chi connectivity index (χ0) is 19.8. The summed E-state index contributed by atoms with van der Waals surface area (Å²) in [6, 6.07) is 11.4. The summed E-state index contributed by atoms with van der Waals surface area (Å²) in [6.07, 6.45) is 6.06. The van der Waals surface area contributed by atoms with Crippen molar-refractivity contribution in [2.75, 3.05) is 39.3 Å². The Morgan fingerprint density at radius 2 is 1.86 bits per heavy atom. The van der Waals surface area contributed by atoms with Crippen LogP contribution in [-0.2, 0) is 13.5 Å². The van der Waals surface area contributed by atoms with Gasteiger partial charge in [0.2, 0.25) is 0 Å². The summed E-state index contributed by atoms with van der Waals surface area (Å²) in [6.45, 7) is 10.3. The number of aliphatic imine (C=N–C) groups is 1. The first kappa shape index (κ1) is 23.7. The number of piperazine rings is 1. The minimum absolute atomic E-state index is 0. The second-order valence-electron chi connectivity index (χ2n) is 7.37. The number of guanidine groups is 1. The second-order valence-corrected chi connectivity index (χ2v) is 7.37. The SMILES string of the molecule is CCNC(=NCCc1cnn(C)c1)N1CCN(C(CC)c2ccccc2)CC1.I. The molecule has 1 saturated heterocycles. The lowest BCUT2D eigenvalue weighted by Gasteiger charge is -2.40. The fourth-order valence-electron chi connectivity index (χ4n) is 3.94. The summed E-state index contributed by atoms with van der Waals surface area (Å²) in [5.74, 6) is 1.04. The van der Waals surface area contributed by atoms with Gasteiger partial charge in [-0.2, -0.15) is 5.10 Å². The molecule has 1 atom stereocenters. The lowest BCUT2D eigenvalue weighted by molar-refractivity contribution is 0.127. The van der Waals surface area contributed by atoms with Crippen LogP contribution in [0, 0.1) is 0 Å². The number of aromatic nitrogens is 2. The smallest absolute Gasteiger partial charge is 0.194 e. The molecule has 1 aromatic heterocycles. The Hall–Kier alpha value is -1.61. The van der Waals surface area contributed by atoms with E-state index in [0.717, 1.165) is 58.1 Å². The average Bonchev–Trinajstić information content (AvgIpc) is 3.14. The molecule has 3 rings (SSSR count). The third-order valence-corrected chi connectivity index (χ3v) is 5.38. The number of hydrogen-bond acceptors (Lipinski definition) is 3. The third-order valence-electron chi connectivity index (χ3n) is 5.38. The van der Waals surface area contributed by atoms with Crippen molar-refractivity contribution in [2.24, 2.45) is 12.0 Å². The van der Waals surface area contributed by atoms with Crippen LogP contribution in [0.3, 0.4) is 0 Å². The first-order chi connectivity index (χ1) is 13.7. The predicted octanol–water partition coefficient (Wildman–Crippen LogP) is 3.32. The zero-order valence-corrected chi connectivity index (χ0v) is 20.3. The fraction of sp³-hybridized carbons (Fsp3) is 0.545. The summed E-state index contributed by atoms with van der Waals surface area (Å²) in [5.41, 5.74) is 2.66. The Balaban J connectivity index is 0.00000300. The molecule has 1 N–H and O–H groups in total. The highest BCUT2D eigenvalue weighted by atomic mass is 127. The highest BCUT2D eigenvalue weighted by Crippen LogP contribution is 2.25. The van der Waals surface area contributed by atoms with Gasteiger partial charge in [-0.3, -0.25) is 14.6 Å². The van der Waals surface area contributed by atoms with Crippen molar-refractivity contribution in [3.8, 4) is 0 Å². The molecule has 7 heteroatoms. The van der Waals surface area contributed by atoms with Gasteiger partial charge in [-0.25, -0.2) is 0 Å². The molecule has 29 heavy (non-hydrogen) atoms. The lowest BCUT2D eigenvalue weighted by Crippen LogP contribution is -2.53. The molecular weight excluding hydrogens is 475 g/mol. The van der Waals surface area contributed by atoms with Crippen LogP contribution in [0.2, 0.25) is 0 Å². The molecule has 1 aliphatic heterocycles. The van der Waals surface area contributed by atoms with E-state index in [9.17, 15) is 0 Å². The Morgan fingerprint density at radius 3 is 2.45 bits per heavy atom. The first-order valence-corrected chi connectivity index (χ1v) is 10.5. The number of benzene rings is 1. The molecule has 0 spiro atoms. The third kappa shape index (κ3) is 6.70. The summed E-state index contributed by atoms with van der Waals surface area (Å²) < 4.78 is 1.85. The quantitative estimate of drug-likeness (QED) is 0.353. The maximum Gasteiger partial charge on any atom is 0.194 e. The molecule has 1 fully saturated rings. The molecule has 0 amide bonds. The minimum atomic E-state index is 0. The van der Waals surface area contributed by atoms with Gasteiger partial charge in [-0.1, -0.05) is 37.3 Å². The van der Waals surface area contributed by atoms with Gasteiger partial charge in [0, 0.05) is 58.6 Å². The number of hydrogen-bond donors (Lipinski definition) is 1. The van der Waals surface area contributed by atoms with Crippen LogP contribution >= 0.6 is 24.0 Å². The number of aryl methyl sites for hydroxylation is 1. The van der Waals surface area contributed by atoms with Crippen molar-refractivity contribution in [1.29, 1.82) is 0 Å². The molecule has 1 unspecified atom stereocenters. The Labute approximate surface area is 192 Å². The molecule has 0 saturated carbocycles. The van der Waals surface area contributed by atoms with Gasteiger partial charge >= 0.3 is 0 Å². The van der Waals surface area contributed by atoms with Crippen LogP contribution in [0.1, 0.15) is 37.4 Å². The summed E-state index contributed by atoms with van der Waals surface area (Å²) in [4.78, 5) is 9.89. The van der Waals surface area contributed by atoms with Crippen molar-refractivity contribution < 1.29 is 0 Å². The van der Waals surface area contributed by atoms with E-state index in [2.05, 4.69) is 70.6 Å². The summed E-state index contributed by atoms with van der Waals surface area (Å²) in [7, 11) is 1.95. The molecule has 0 aliphatic carbocycles. The molecule has 1 aromatic carbocycles. The molecule has 0 radical (unpaired) electrons. The minimum Gasteiger partial charge on any atom is -0.357 e. The van der Waals surface area contributed by atoms with Crippen molar-refractivity contribution in [3.05, 3.63) is 53.9 Å². The molecule has 6 nitrogen and oxygen atoms in total. The van der Waals surface area contributed by atoms with Gasteiger partial charge < -0.3 is 10.2 Å². The lowest BCUT2D eigenvalue weighted by atomic mass is 10.0. The molecule has 160 valence electrons. The van der Waals surface area contributed by atoms with E-state index in [0.29, 0.717) is 6.04 Å². The van der Waals surface area contributed by atoms with Crippen molar-refractivity contribution in [2.45, 2.75) is 32.7 Å². The van der Waals surface area contributed by atoms with Crippen LogP contribution in [-0.4, -0.2) is 64.8 Å². The predicted molar refractivity (Wildman–Crippen MR) is 131 cm³/mol. The van der Waals surface area contributed by atoms with Crippen LogP contribution in [0.25, 0.3) is 0 Å². The van der Waals surface area contributed by atoms with E-state index >= 15 is 0 Å². The van der Waals surface area contributed by atoms with Gasteiger partial charge in [0.1, 0.15) is 0 Å². The fourth-order valence-corrected chi connectivity index (χ4v) is 3.94. The van der Waals surface area contributed by atoms with Crippen molar-refractivity contribution in [1.82, 2.24) is 24.9 Å². The van der Waals surface area contributed by atoms with E-state index in [-0.39, 0.29) is 24.0 Å². The van der Waals surface area contributed by atoms with Gasteiger partial charge in [-0.05, 0) is 30.9 Å². The van der Waals surface area contributed by atoms with Gasteiger partial charge in [0.25, 0.3) is 0 Å². The molecule has 2 aromatic rings. The first-order valence-electron chi connectivity index (χ1n) is 10.5. The topological polar surface area (TPSA) is 48.7 Å².